The first-order chi connectivity index (χ1) is 23.6. The molecule has 13 heteroatoms. The zero-order valence-corrected chi connectivity index (χ0v) is 28.6. The van der Waals surface area contributed by atoms with Crippen molar-refractivity contribution < 1.29 is 46.7 Å². The van der Waals surface area contributed by atoms with Gasteiger partial charge in [0.05, 0.1) is 46.6 Å². The number of aryl methyl sites for hydroxylation is 3. The molecule has 6 rings (SSSR count). The van der Waals surface area contributed by atoms with Crippen LogP contribution >= 0.6 is 0 Å². The van der Waals surface area contributed by atoms with Gasteiger partial charge in [-0.15, -0.1) is 0 Å². The van der Waals surface area contributed by atoms with E-state index in [1.807, 2.05) is 73.7 Å². The van der Waals surface area contributed by atoms with E-state index in [0.29, 0.717) is 33.9 Å². The van der Waals surface area contributed by atoms with Gasteiger partial charge in [-0.2, -0.15) is 10.2 Å². The number of ether oxygens (including phenoxy) is 1. The van der Waals surface area contributed by atoms with Crippen molar-refractivity contribution >= 4 is 29.8 Å². The van der Waals surface area contributed by atoms with Crippen LogP contribution in [0.15, 0.2) is 107 Å². The molecule has 0 atom stereocenters. The summed E-state index contributed by atoms with van der Waals surface area (Å²) in [6, 6.07) is 28.0. The fourth-order valence-electron chi connectivity index (χ4n) is 4.73. The maximum Gasteiger partial charge on any atom is 0.337 e. The monoisotopic (exact) mass is 717 g/mol. The van der Waals surface area contributed by atoms with E-state index in [0.717, 1.165) is 11.3 Å². The average molecular weight is 718 g/mol. The summed E-state index contributed by atoms with van der Waals surface area (Å²) in [6.07, 6.45) is 2.92. The standard InChI is InChI=1S/C19H17N3O4.C18H17N3O2.Co/c1-12-15(18(24)22(21-12)14-6-4-3-5-7-14)11-20-16-10-13(19(25)26-2)8-9-17(16)23;1-12-8-9-17(22)16(10-12)19-11-15-13(2)20-21(18(15)23)14-6-4-3-5-7-14;/h3-11,23-24H,1-2H3;3-11,22-23H,1-2H3;. The summed E-state index contributed by atoms with van der Waals surface area (Å²) in [5, 5.41) is 49.3. The van der Waals surface area contributed by atoms with Gasteiger partial charge in [0.25, 0.3) is 0 Å². The van der Waals surface area contributed by atoms with E-state index in [9.17, 15) is 25.2 Å². The first-order valence-electron chi connectivity index (χ1n) is 15.0. The molecule has 0 saturated carbocycles. The van der Waals surface area contributed by atoms with Crippen molar-refractivity contribution in [2.75, 3.05) is 7.11 Å². The number of aliphatic imine (C=N–C) groups is 2. The number of methoxy groups -OCH3 is 1. The third-order valence-electron chi connectivity index (χ3n) is 7.36. The zero-order chi connectivity index (χ0) is 35.1. The first-order valence-corrected chi connectivity index (χ1v) is 15.0. The summed E-state index contributed by atoms with van der Waals surface area (Å²) in [5.41, 5.74) is 5.53. The Morgan fingerprint density at radius 1 is 0.660 bits per heavy atom. The van der Waals surface area contributed by atoms with E-state index in [-0.39, 0.29) is 51.3 Å². The topological polar surface area (TPSA) is 168 Å². The zero-order valence-electron chi connectivity index (χ0n) is 27.5. The quantitative estimate of drug-likeness (QED) is 0.104. The molecule has 4 N–H and O–H groups in total. The second-order valence-corrected chi connectivity index (χ2v) is 10.8. The second kappa shape index (κ2) is 16.3. The minimum atomic E-state index is -0.530. The summed E-state index contributed by atoms with van der Waals surface area (Å²) < 4.78 is 7.53. The van der Waals surface area contributed by atoms with Crippen LogP contribution in [0, 0.1) is 20.8 Å². The van der Waals surface area contributed by atoms with E-state index in [1.165, 1.54) is 47.1 Å². The molecule has 0 aliphatic carbocycles. The number of carbonyl (C=O) groups is 1. The molecule has 0 amide bonds. The van der Waals surface area contributed by atoms with Gasteiger partial charge in [0, 0.05) is 29.2 Å². The van der Waals surface area contributed by atoms with E-state index in [2.05, 4.69) is 24.9 Å². The number of aromatic nitrogens is 4. The van der Waals surface area contributed by atoms with Gasteiger partial charge in [0.2, 0.25) is 11.8 Å². The number of nitrogens with zero attached hydrogens (tertiary/aromatic N) is 6. The predicted octanol–water partition coefficient (Wildman–Crippen LogP) is 6.78. The number of rotatable bonds is 7. The van der Waals surface area contributed by atoms with E-state index in [4.69, 9.17) is 0 Å². The molecule has 0 unspecified atom stereocenters. The largest absolute Gasteiger partial charge is 0.506 e. The molecule has 50 heavy (non-hydrogen) atoms. The molecule has 2 heterocycles. The number of aromatic hydroxyl groups is 4. The fourth-order valence-corrected chi connectivity index (χ4v) is 4.73. The van der Waals surface area contributed by atoms with Crippen LogP contribution in [0.5, 0.6) is 23.3 Å². The molecule has 0 bridgehead atoms. The number of para-hydroxylation sites is 2. The Balaban J connectivity index is 0.000000222. The van der Waals surface area contributed by atoms with Crippen LogP contribution < -0.4 is 0 Å². The van der Waals surface area contributed by atoms with Crippen molar-refractivity contribution in [3.8, 4) is 34.6 Å². The molecular formula is C37H34CoN6O6. The molecule has 6 aromatic rings. The summed E-state index contributed by atoms with van der Waals surface area (Å²) in [6.45, 7) is 5.47. The molecule has 0 spiro atoms. The number of benzene rings is 4. The van der Waals surface area contributed by atoms with E-state index < -0.39 is 5.97 Å². The normalized spacial score (nSPS) is 10.9. The van der Waals surface area contributed by atoms with Crippen LogP contribution in [0.3, 0.4) is 0 Å². The maximum atomic E-state index is 11.6. The number of esters is 1. The van der Waals surface area contributed by atoms with Gasteiger partial charge in [-0.3, -0.25) is 9.98 Å². The van der Waals surface area contributed by atoms with Gasteiger partial charge in [0.1, 0.15) is 22.9 Å². The van der Waals surface area contributed by atoms with Crippen molar-refractivity contribution in [3.63, 3.8) is 0 Å². The Morgan fingerprint density at radius 2 is 1.10 bits per heavy atom. The molecule has 0 aliphatic rings. The van der Waals surface area contributed by atoms with Gasteiger partial charge < -0.3 is 25.2 Å². The molecule has 0 aliphatic heterocycles. The number of hydrogen-bond acceptors (Lipinski definition) is 10. The number of carbonyl (C=O) groups excluding carboxylic acids is 1. The Morgan fingerprint density at radius 3 is 1.56 bits per heavy atom. The Labute approximate surface area is 298 Å². The summed E-state index contributed by atoms with van der Waals surface area (Å²) in [7, 11) is 1.28. The smallest absolute Gasteiger partial charge is 0.337 e. The molecule has 4 aromatic carbocycles. The van der Waals surface area contributed by atoms with Gasteiger partial charge in [-0.05, 0) is 80.9 Å². The maximum absolute atomic E-state index is 11.6. The van der Waals surface area contributed by atoms with Gasteiger partial charge in [-0.1, -0.05) is 42.5 Å². The van der Waals surface area contributed by atoms with E-state index >= 15 is 0 Å². The number of phenols is 2. The van der Waals surface area contributed by atoms with Crippen LogP contribution in [0.4, 0.5) is 11.4 Å². The molecule has 0 fully saturated rings. The Bertz CT molecular complexity index is 2160. The fraction of sp³-hybridized carbons (Fsp3) is 0.108. The second-order valence-electron chi connectivity index (χ2n) is 10.8. The summed E-state index contributed by atoms with van der Waals surface area (Å²) >= 11 is 0. The Hall–Kier alpha value is -6.18. The average Bonchev–Trinajstić information content (AvgIpc) is 3.57. The SMILES string of the molecule is COC(=O)c1ccc(O)c(N=Cc2c(C)nn(-c3ccccc3)c2O)c1.Cc1ccc(O)c(N=Cc2c(C)nn(-c3ccccc3)c2O)c1.[Co]. The van der Waals surface area contributed by atoms with Crippen LogP contribution in [-0.2, 0) is 21.5 Å². The number of phenolic OH excluding ortho intramolecular Hbond substituents is 2. The van der Waals surface area contributed by atoms with Gasteiger partial charge in [0.15, 0.2) is 0 Å². The van der Waals surface area contributed by atoms with Crippen LogP contribution in [0.25, 0.3) is 11.4 Å². The third kappa shape index (κ3) is 8.26. The summed E-state index contributed by atoms with van der Waals surface area (Å²) in [4.78, 5) is 20.1. The minimum Gasteiger partial charge on any atom is -0.506 e. The van der Waals surface area contributed by atoms with Crippen molar-refractivity contribution in [3.05, 3.63) is 131 Å². The molecule has 257 valence electrons. The van der Waals surface area contributed by atoms with Crippen LogP contribution in [0.2, 0.25) is 0 Å². The van der Waals surface area contributed by atoms with Gasteiger partial charge >= 0.3 is 5.97 Å². The van der Waals surface area contributed by atoms with E-state index in [1.54, 1.807) is 26.0 Å². The summed E-state index contributed by atoms with van der Waals surface area (Å²) in [5.74, 6) is -0.580. The van der Waals surface area contributed by atoms with Crippen molar-refractivity contribution in [2.24, 2.45) is 9.98 Å². The third-order valence-corrected chi connectivity index (χ3v) is 7.36. The number of hydrogen-bond donors (Lipinski definition) is 4. The van der Waals surface area contributed by atoms with Gasteiger partial charge in [-0.25, -0.2) is 14.2 Å². The first kappa shape index (κ1) is 36.6. The molecule has 12 nitrogen and oxygen atoms in total. The van der Waals surface area contributed by atoms with Crippen LogP contribution in [-0.4, -0.2) is 65.5 Å². The molecule has 1 radical (unpaired) electrons. The predicted molar refractivity (Wildman–Crippen MR) is 187 cm³/mol. The van der Waals surface area contributed by atoms with Crippen LogP contribution in [0.1, 0.15) is 38.4 Å². The minimum absolute atomic E-state index is 0. The molecule has 2 aromatic heterocycles. The Kier molecular flexibility index (Phi) is 11.9. The van der Waals surface area contributed by atoms with Crippen molar-refractivity contribution in [2.45, 2.75) is 20.8 Å². The molecular weight excluding hydrogens is 683 g/mol. The molecule has 0 saturated heterocycles. The van der Waals surface area contributed by atoms with Crippen molar-refractivity contribution in [1.29, 1.82) is 0 Å². The van der Waals surface area contributed by atoms with Crippen molar-refractivity contribution in [1.82, 2.24) is 19.6 Å².